The second-order valence-electron chi connectivity index (χ2n) is 11.8. The first-order valence-corrected chi connectivity index (χ1v) is 13.4. The van der Waals surface area contributed by atoms with Gasteiger partial charge in [-0.25, -0.2) is 0 Å². The average molecular weight is 500 g/mol. The molecule has 0 aromatic heterocycles. The molecule has 2 aliphatic carbocycles. The first-order chi connectivity index (χ1) is 17.1. The van der Waals surface area contributed by atoms with Gasteiger partial charge in [-0.3, -0.25) is 24.3 Å². The van der Waals surface area contributed by atoms with E-state index in [2.05, 4.69) is 54.2 Å². The molecule has 1 aromatic carbocycles. The van der Waals surface area contributed by atoms with Crippen LogP contribution in [0.15, 0.2) is 30.3 Å². The van der Waals surface area contributed by atoms with Crippen LogP contribution in [0.3, 0.4) is 0 Å². The highest BCUT2D eigenvalue weighted by Gasteiger charge is 2.55. The molecule has 1 atom stereocenters. The fourth-order valence-electron chi connectivity index (χ4n) is 6.42. The second-order valence-corrected chi connectivity index (χ2v) is 11.8. The molecule has 2 amide bonds. The van der Waals surface area contributed by atoms with Gasteiger partial charge >= 0.3 is 0 Å². The van der Waals surface area contributed by atoms with Crippen LogP contribution in [-0.2, 0) is 15.1 Å². The third-order valence-electron chi connectivity index (χ3n) is 9.20. The summed E-state index contributed by atoms with van der Waals surface area (Å²) in [6, 6.07) is 10.8. The van der Waals surface area contributed by atoms with E-state index in [1.54, 1.807) is 21.1 Å². The minimum Gasteiger partial charge on any atom is -0.365 e. The molecule has 2 saturated carbocycles. The fourth-order valence-corrected chi connectivity index (χ4v) is 6.42. The van der Waals surface area contributed by atoms with E-state index in [9.17, 15) is 14.7 Å². The summed E-state index contributed by atoms with van der Waals surface area (Å²) in [4.78, 5) is 34.7. The number of rotatable bonds is 8. The van der Waals surface area contributed by atoms with Crippen LogP contribution < -0.4 is 0 Å². The van der Waals surface area contributed by atoms with Gasteiger partial charge in [-0.1, -0.05) is 36.8 Å². The Bertz CT molecular complexity index is 909. The summed E-state index contributed by atoms with van der Waals surface area (Å²) in [6.07, 6.45) is 6.92. The molecule has 8 heteroatoms. The predicted molar refractivity (Wildman–Crippen MR) is 141 cm³/mol. The van der Waals surface area contributed by atoms with Gasteiger partial charge in [-0.05, 0) is 64.1 Å². The first-order valence-electron chi connectivity index (χ1n) is 13.4. The first kappa shape index (κ1) is 27.0. The number of likely N-dealkylation sites (N-methyl/N-ethyl adjacent to an activating group) is 2. The van der Waals surface area contributed by atoms with Gasteiger partial charge in [0.05, 0.1) is 13.1 Å². The van der Waals surface area contributed by atoms with Crippen molar-refractivity contribution < 1.29 is 14.7 Å². The quantitative estimate of drug-likeness (QED) is 0.590. The van der Waals surface area contributed by atoms with E-state index in [4.69, 9.17) is 0 Å². The number of aliphatic hydroxyl groups is 1. The lowest BCUT2D eigenvalue weighted by atomic mass is 9.68. The van der Waals surface area contributed by atoms with Gasteiger partial charge in [0.15, 0.2) is 6.35 Å². The number of carbonyl (C=O) groups is 2. The molecule has 3 aliphatic rings. The molecule has 4 rings (SSSR count). The lowest BCUT2D eigenvalue weighted by molar-refractivity contribution is -0.142. The molecule has 1 aliphatic heterocycles. The van der Waals surface area contributed by atoms with E-state index in [0.717, 1.165) is 32.2 Å². The summed E-state index contributed by atoms with van der Waals surface area (Å²) >= 11 is 0. The topological polar surface area (TPSA) is 70.6 Å². The van der Waals surface area contributed by atoms with Crippen molar-refractivity contribution in [3.8, 4) is 0 Å². The highest BCUT2D eigenvalue weighted by molar-refractivity contribution is 5.85. The van der Waals surface area contributed by atoms with Crippen molar-refractivity contribution in [3.63, 3.8) is 0 Å². The van der Waals surface area contributed by atoms with Crippen LogP contribution >= 0.6 is 0 Å². The van der Waals surface area contributed by atoms with Gasteiger partial charge in [0, 0.05) is 45.3 Å². The van der Waals surface area contributed by atoms with E-state index < -0.39 is 6.35 Å². The lowest BCUT2D eigenvalue weighted by Gasteiger charge is -2.52. The Hall–Kier alpha value is -2.00. The standard InChI is InChI=1S/C28H45N5O3/c1-29(2)24(34)19-31(5)25(35)20-32-21-27(33(26(32)36)18-22-10-9-11-22)14-16-28(17-15-27,30(3)4)23-12-7-6-8-13-23/h6-8,12-13,22,26,36H,9-11,14-21H2,1-5H3/t26?,27-,28+. The van der Waals surface area contributed by atoms with Gasteiger partial charge in [-0.2, -0.15) is 0 Å². The molecular weight excluding hydrogens is 454 g/mol. The minimum atomic E-state index is -0.768. The number of benzene rings is 1. The zero-order valence-corrected chi connectivity index (χ0v) is 22.8. The molecule has 0 radical (unpaired) electrons. The van der Waals surface area contributed by atoms with Crippen molar-refractivity contribution in [2.75, 3.05) is 61.4 Å². The maximum Gasteiger partial charge on any atom is 0.241 e. The van der Waals surface area contributed by atoms with Crippen LogP contribution in [-0.4, -0.2) is 115 Å². The Morgan fingerprint density at radius 1 is 0.972 bits per heavy atom. The zero-order valence-electron chi connectivity index (χ0n) is 22.8. The molecule has 3 fully saturated rings. The summed E-state index contributed by atoms with van der Waals surface area (Å²) in [5.74, 6) is 0.388. The largest absolute Gasteiger partial charge is 0.365 e. The maximum atomic E-state index is 13.0. The number of hydrogen-bond acceptors (Lipinski definition) is 6. The Balaban J connectivity index is 1.51. The van der Waals surface area contributed by atoms with E-state index in [1.807, 2.05) is 4.90 Å². The second kappa shape index (κ2) is 10.8. The summed E-state index contributed by atoms with van der Waals surface area (Å²) in [5.41, 5.74) is 1.20. The minimum absolute atomic E-state index is 0.0183. The Labute approximate surface area is 216 Å². The molecule has 0 bridgehead atoms. The van der Waals surface area contributed by atoms with Crippen molar-refractivity contribution in [2.45, 2.75) is 62.4 Å². The maximum absolute atomic E-state index is 13.0. The molecule has 1 N–H and O–H groups in total. The van der Waals surface area contributed by atoms with Crippen LogP contribution in [0.2, 0.25) is 0 Å². The van der Waals surface area contributed by atoms with Gasteiger partial charge in [0.2, 0.25) is 11.8 Å². The van der Waals surface area contributed by atoms with Crippen molar-refractivity contribution in [2.24, 2.45) is 5.92 Å². The highest BCUT2D eigenvalue weighted by atomic mass is 16.3. The van der Waals surface area contributed by atoms with E-state index in [0.29, 0.717) is 12.5 Å². The SMILES string of the molecule is CN(C)C(=O)CN(C)C(=O)CN1C[C@]2(CC[C@](c3ccccc3)(N(C)C)CC2)N(CC2CCC2)C1O. The van der Waals surface area contributed by atoms with Crippen molar-refractivity contribution in [1.82, 2.24) is 24.5 Å². The summed E-state index contributed by atoms with van der Waals surface area (Å²) in [6.45, 7) is 1.75. The molecule has 200 valence electrons. The Morgan fingerprint density at radius 2 is 1.61 bits per heavy atom. The van der Waals surface area contributed by atoms with Crippen molar-refractivity contribution >= 4 is 11.8 Å². The number of hydrogen-bond donors (Lipinski definition) is 1. The van der Waals surface area contributed by atoms with Crippen molar-refractivity contribution in [3.05, 3.63) is 35.9 Å². The third kappa shape index (κ3) is 5.19. The van der Waals surface area contributed by atoms with Gasteiger partial charge in [-0.15, -0.1) is 0 Å². The molecule has 1 spiro atoms. The summed E-state index contributed by atoms with van der Waals surface area (Å²) in [5, 5.41) is 11.5. The van der Waals surface area contributed by atoms with Crippen LogP contribution in [0.4, 0.5) is 0 Å². The summed E-state index contributed by atoms with van der Waals surface area (Å²) in [7, 11) is 9.41. The predicted octanol–water partition coefficient (Wildman–Crippen LogP) is 2.00. The van der Waals surface area contributed by atoms with E-state index in [-0.39, 0.29) is 36.0 Å². The smallest absolute Gasteiger partial charge is 0.241 e. The molecule has 1 aromatic rings. The number of nitrogens with zero attached hydrogens (tertiary/aromatic N) is 5. The normalized spacial score (nSPS) is 29.5. The average Bonchev–Trinajstić information content (AvgIpc) is 3.07. The molecule has 36 heavy (non-hydrogen) atoms. The molecular formula is C28H45N5O3. The molecule has 1 unspecified atom stereocenters. The zero-order chi connectivity index (χ0) is 26.1. The molecule has 1 saturated heterocycles. The van der Waals surface area contributed by atoms with Gasteiger partial charge in [0.1, 0.15) is 0 Å². The number of aliphatic hydroxyl groups excluding tert-OH is 1. The van der Waals surface area contributed by atoms with Crippen LogP contribution in [0.1, 0.15) is 50.5 Å². The highest BCUT2D eigenvalue weighted by Crippen LogP contribution is 2.50. The summed E-state index contributed by atoms with van der Waals surface area (Å²) < 4.78 is 0. The number of carbonyl (C=O) groups excluding carboxylic acids is 2. The van der Waals surface area contributed by atoms with E-state index >= 15 is 0 Å². The van der Waals surface area contributed by atoms with Crippen LogP contribution in [0, 0.1) is 5.92 Å². The van der Waals surface area contributed by atoms with Gasteiger partial charge < -0.3 is 14.9 Å². The molecule has 8 nitrogen and oxygen atoms in total. The Kier molecular flexibility index (Phi) is 8.10. The monoisotopic (exact) mass is 499 g/mol. The van der Waals surface area contributed by atoms with Gasteiger partial charge in [0.25, 0.3) is 0 Å². The Morgan fingerprint density at radius 3 is 2.14 bits per heavy atom. The molecule has 1 heterocycles. The fraction of sp³-hybridized carbons (Fsp3) is 0.714. The van der Waals surface area contributed by atoms with Crippen molar-refractivity contribution in [1.29, 1.82) is 0 Å². The van der Waals surface area contributed by atoms with Crippen LogP contribution in [0.25, 0.3) is 0 Å². The number of amides is 2. The van der Waals surface area contributed by atoms with Crippen LogP contribution in [0.5, 0.6) is 0 Å². The van der Waals surface area contributed by atoms with E-state index in [1.165, 1.54) is 34.6 Å². The lowest BCUT2D eigenvalue weighted by Crippen LogP contribution is -2.57. The third-order valence-corrected chi connectivity index (χ3v) is 9.20.